The molecule has 1 saturated heterocycles. The van der Waals surface area contributed by atoms with Gasteiger partial charge in [-0.2, -0.15) is 0 Å². The van der Waals surface area contributed by atoms with Crippen LogP contribution < -0.4 is 5.32 Å². The van der Waals surface area contributed by atoms with E-state index in [-0.39, 0.29) is 18.6 Å². The maximum atomic E-state index is 11.1. The summed E-state index contributed by atoms with van der Waals surface area (Å²) in [4.78, 5) is 13.0. The van der Waals surface area contributed by atoms with Crippen molar-refractivity contribution in [1.29, 1.82) is 0 Å². The molecule has 1 aliphatic heterocycles. The predicted octanol–water partition coefficient (Wildman–Crippen LogP) is -0.406. The molecule has 0 aromatic rings. The first kappa shape index (κ1) is 13.4. The van der Waals surface area contributed by atoms with Gasteiger partial charge in [0.25, 0.3) is 0 Å². The topological polar surface area (TPSA) is 61.8 Å². The molecule has 1 aliphatic rings. The molecule has 0 spiro atoms. The molecule has 0 radical (unpaired) electrons. The summed E-state index contributed by atoms with van der Waals surface area (Å²) in [6, 6.07) is 0.377. The molecular formula is C11H22N2O3. The maximum absolute atomic E-state index is 11.1. The molecule has 0 aromatic heterocycles. The molecule has 1 rings (SSSR count). The number of ether oxygens (including phenoxy) is 1. The number of nitrogens with zero attached hydrogens (tertiary/aromatic N) is 1. The highest BCUT2D eigenvalue weighted by molar-refractivity contribution is 5.73. The van der Waals surface area contributed by atoms with Crippen LogP contribution in [0.3, 0.4) is 0 Å². The lowest BCUT2D eigenvalue weighted by Gasteiger charge is -2.33. The Morgan fingerprint density at radius 3 is 2.62 bits per heavy atom. The molecule has 5 heteroatoms. The van der Waals surface area contributed by atoms with Crippen molar-refractivity contribution in [1.82, 2.24) is 10.2 Å². The van der Waals surface area contributed by atoms with Gasteiger partial charge in [-0.15, -0.1) is 0 Å². The van der Waals surface area contributed by atoms with Crippen LogP contribution >= 0.6 is 0 Å². The third-order valence-corrected chi connectivity index (χ3v) is 3.00. The summed E-state index contributed by atoms with van der Waals surface area (Å²) in [5.41, 5.74) is 0. The van der Waals surface area contributed by atoms with E-state index >= 15 is 0 Å². The lowest BCUT2D eigenvalue weighted by Crippen LogP contribution is -2.49. The van der Waals surface area contributed by atoms with Crippen molar-refractivity contribution < 1.29 is 14.6 Å². The Bertz CT molecular complexity index is 215. The van der Waals surface area contributed by atoms with Crippen LogP contribution in [0.5, 0.6) is 0 Å². The number of aliphatic hydroxyl groups excluding tert-OH is 1. The third-order valence-electron chi connectivity index (χ3n) is 3.00. The standard InChI is InChI=1S/C11H22N2O3/c1-9(15)13-5-3-10(4-6-13)12-11(7-14)8-16-2/h10-12,14H,3-8H2,1-2H3. The molecule has 2 N–H and O–H groups in total. The van der Waals surface area contributed by atoms with E-state index in [1.54, 1.807) is 14.0 Å². The third kappa shape index (κ3) is 4.08. The summed E-state index contributed by atoms with van der Waals surface area (Å²) in [6.45, 7) is 3.82. The number of piperidine rings is 1. The number of carbonyl (C=O) groups excluding carboxylic acids is 1. The quantitative estimate of drug-likeness (QED) is 0.674. The number of carbonyl (C=O) groups is 1. The molecule has 0 aliphatic carbocycles. The zero-order valence-corrected chi connectivity index (χ0v) is 10.1. The van der Waals surface area contributed by atoms with Crippen LogP contribution in [0.2, 0.25) is 0 Å². The average Bonchev–Trinajstić information content (AvgIpc) is 2.29. The molecule has 1 atom stereocenters. The van der Waals surface area contributed by atoms with E-state index in [1.807, 2.05) is 4.90 Å². The maximum Gasteiger partial charge on any atom is 0.219 e. The molecule has 0 aromatic carbocycles. The van der Waals surface area contributed by atoms with E-state index < -0.39 is 0 Å². The number of amides is 1. The van der Waals surface area contributed by atoms with Crippen molar-refractivity contribution in [2.24, 2.45) is 0 Å². The summed E-state index contributed by atoms with van der Waals surface area (Å²) in [7, 11) is 1.63. The number of hydrogen-bond acceptors (Lipinski definition) is 4. The summed E-state index contributed by atoms with van der Waals surface area (Å²) < 4.78 is 5.01. The van der Waals surface area contributed by atoms with Crippen molar-refractivity contribution in [3.05, 3.63) is 0 Å². The second-order valence-electron chi connectivity index (χ2n) is 4.28. The fourth-order valence-corrected chi connectivity index (χ4v) is 2.05. The van der Waals surface area contributed by atoms with Gasteiger partial charge in [-0.05, 0) is 12.8 Å². The van der Waals surface area contributed by atoms with Crippen molar-refractivity contribution >= 4 is 5.91 Å². The van der Waals surface area contributed by atoms with Crippen molar-refractivity contribution in [3.8, 4) is 0 Å². The van der Waals surface area contributed by atoms with Gasteiger partial charge >= 0.3 is 0 Å². The second-order valence-corrected chi connectivity index (χ2v) is 4.28. The molecule has 1 amide bonds. The molecule has 1 unspecified atom stereocenters. The Kier molecular flexibility index (Phi) is 5.73. The average molecular weight is 230 g/mol. The molecule has 1 heterocycles. The zero-order chi connectivity index (χ0) is 12.0. The Labute approximate surface area is 96.8 Å². The molecule has 16 heavy (non-hydrogen) atoms. The van der Waals surface area contributed by atoms with Crippen LogP contribution in [-0.4, -0.2) is 61.4 Å². The summed E-state index contributed by atoms with van der Waals surface area (Å²) >= 11 is 0. The highest BCUT2D eigenvalue weighted by atomic mass is 16.5. The first-order chi connectivity index (χ1) is 7.67. The van der Waals surface area contributed by atoms with Gasteiger partial charge in [0.05, 0.1) is 19.3 Å². The number of aliphatic hydroxyl groups is 1. The van der Waals surface area contributed by atoms with Crippen LogP contribution in [-0.2, 0) is 9.53 Å². The number of likely N-dealkylation sites (tertiary alicyclic amines) is 1. The first-order valence-electron chi connectivity index (χ1n) is 5.78. The van der Waals surface area contributed by atoms with Gasteiger partial charge in [-0.1, -0.05) is 0 Å². The van der Waals surface area contributed by atoms with Gasteiger partial charge in [0.15, 0.2) is 0 Å². The minimum absolute atomic E-state index is 0.00104. The Morgan fingerprint density at radius 1 is 1.56 bits per heavy atom. The Balaban J connectivity index is 2.28. The van der Waals surface area contributed by atoms with Gasteiger partial charge in [0.1, 0.15) is 0 Å². The highest BCUT2D eigenvalue weighted by Crippen LogP contribution is 2.11. The molecule has 0 bridgehead atoms. The van der Waals surface area contributed by atoms with E-state index in [9.17, 15) is 4.79 Å². The first-order valence-corrected chi connectivity index (χ1v) is 5.78. The number of rotatable bonds is 5. The van der Waals surface area contributed by atoms with Gasteiger partial charge < -0.3 is 20.1 Å². The van der Waals surface area contributed by atoms with Crippen molar-refractivity contribution in [3.63, 3.8) is 0 Å². The van der Waals surface area contributed by atoms with E-state index in [1.165, 1.54) is 0 Å². The largest absolute Gasteiger partial charge is 0.395 e. The van der Waals surface area contributed by atoms with E-state index in [2.05, 4.69) is 5.32 Å². The fourth-order valence-electron chi connectivity index (χ4n) is 2.05. The van der Waals surface area contributed by atoms with Crippen molar-refractivity contribution in [2.75, 3.05) is 33.4 Å². The van der Waals surface area contributed by atoms with Crippen molar-refractivity contribution in [2.45, 2.75) is 31.8 Å². The van der Waals surface area contributed by atoms with E-state index in [4.69, 9.17) is 9.84 Å². The summed E-state index contributed by atoms with van der Waals surface area (Å²) in [5.74, 6) is 0.147. The van der Waals surface area contributed by atoms with Crippen LogP contribution in [0.15, 0.2) is 0 Å². The van der Waals surface area contributed by atoms with E-state index in [0.29, 0.717) is 12.6 Å². The lowest BCUT2D eigenvalue weighted by molar-refractivity contribution is -0.129. The molecular weight excluding hydrogens is 208 g/mol. The summed E-state index contributed by atoms with van der Waals surface area (Å²) in [6.07, 6.45) is 1.89. The van der Waals surface area contributed by atoms with Crippen LogP contribution in [0.25, 0.3) is 0 Å². The fraction of sp³-hybridized carbons (Fsp3) is 0.909. The zero-order valence-electron chi connectivity index (χ0n) is 10.1. The van der Waals surface area contributed by atoms with Gasteiger partial charge in [-0.25, -0.2) is 0 Å². The van der Waals surface area contributed by atoms with Gasteiger partial charge in [0.2, 0.25) is 5.91 Å². The number of hydrogen-bond donors (Lipinski definition) is 2. The predicted molar refractivity (Wildman–Crippen MR) is 61.2 cm³/mol. The van der Waals surface area contributed by atoms with Gasteiger partial charge in [0, 0.05) is 33.2 Å². The normalized spacial score (nSPS) is 19.8. The van der Waals surface area contributed by atoms with Crippen LogP contribution in [0.1, 0.15) is 19.8 Å². The van der Waals surface area contributed by atoms with Gasteiger partial charge in [-0.3, -0.25) is 4.79 Å². The molecule has 0 saturated carbocycles. The molecule has 94 valence electrons. The summed E-state index contributed by atoms with van der Waals surface area (Å²) in [5, 5.41) is 12.5. The van der Waals surface area contributed by atoms with Crippen LogP contribution in [0.4, 0.5) is 0 Å². The smallest absolute Gasteiger partial charge is 0.219 e. The second kappa shape index (κ2) is 6.83. The SMILES string of the molecule is COCC(CO)NC1CCN(C(C)=O)CC1. The lowest BCUT2D eigenvalue weighted by atomic mass is 10.0. The van der Waals surface area contributed by atoms with E-state index in [0.717, 1.165) is 25.9 Å². The molecule has 1 fully saturated rings. The minimum Gasteiger partial charge on any atom is -0.395 e. The monoisotopic (exact) mass is 230 g/mol. The highest BCUT2D eigenvalue weighted by Gasteiger charge is 2.22. The Morgan fingerprint density at radius 2 is 2.19 bits per heavy atom. The molecule has 5 nitrogen and oxygen atoms in total. The minimum atomic E-state index is -0.00104. The Hall–Kier alpha value is -0.650. The number of methoxy groups -OCH3 is 1. The van der Waals surface area contributed by atoms with Crippen LogP contribution in [0, 0.1) is 0 Å². The number of nitrogens with one attached hydrogen (secondary N) is 1.